The Bertz CT molecular complexity index is 1090. The molecule has 0 fully saturated rings. The molecule has 31 heavy (non-hydrogen) atoms. The Hall–Kier alpha value is -2.71. The smallest absolute Gasteiger partial charge is 0.267 e. The standard InChI is InChI=1S/C23H30N4O3S/c1-4-27(17(2)3)12-5-13-31(29,30)20-8-6-18(7-9-20)15-25-23(28)22-14-19-16-24-11-10-21(19)26-22/h6-11,14,16-17,26H,4-5,12-13,15H2,1-3H3,(H,25,28). The maximum Gasteiger partial charge on any atom is 0.267 e. The van der Waals surface area contributed by atoms with Gasteiger partial charge in [-0.1, -0.05) is 19.1 Å². The number of carbonyl (C=O) groups is 1. The zero-order chi connectivity index (χ0) is 22.4. The maximum atomic E-state index is 12.6. The Labute approximate surface area is 183 Å². The van der Waals surface area contributed by atoms with Crippen molar-refractivity contribution in [1.29, 1.82) is 0 Å². The zero-order valence-corrected chi connectivity index (χ0v) is 19.1. The topological polar surface area (TPSA) is 95.2 Å². The Balaban J connectivity index is 1.54. The molecule has 3 rings (SSSR count). The number of aromatic amines is 1. The largest absolute Gasteiger partial charge is 0.350 e. The van der Waals surface area contributed by atoms with Crippen LogP contribution in [0, 0.1) is 0 Å². The highest BCUT2D eigenvalue weighted by Gasteiger charge is 2.16. The van der Waals surface area contributed by atoms with Crippen molar-refractivity contribution >= 4 is 26.6 Å². The number of hydrogen-bond acceptors (Lipinski definition) is 5. The SMILES string of the molecule is CCN(CCCS(=O)(=O)c1ccc(CNC(=O)c2cc3cnccc3[nH]2)cc1)C(C)C. The van der Waals surface area contributed by atoms with Gasteiger partial charge in [0.25, 0.3) is 5.91 Å². The van der Waals surface area contributed by atoms with E-state index in [4.69, 9.17) is 0 Å². The van der Waals surface area contributed by atoms with Crippen LogP contribution in [0.5, 0.6) is 0 Å². The molecule has 2 heterocycles. The average Bonchev–Trinajstić information content (AvgIpc) is 3.19. The molecule has 2 N–H and O–H groups in total. The molecule has 0 radical (unpaired) electrons. The molecule has 0 saturated heterocycles. The van der Waals surface area contributed by atoms with Gasteiger partial charge in [-0.05, 0) is 63.2 Å². The fraction of sp³-hybridized carbons (Fsp3) is 0.391. The number of nitrogens with one attached hydrogen (secondary N) is 2. The molecule has 8 heteroatoms. The summed E-state index contributed by atoms with van der Waals surface area (Å²) < 4.78 is 25.2. The molecule has 1 aromatic carbocycles. The number of benzene rings is 1. The number of hydrogen-bond donors (Lipinski definition) is 2. The molecule has 0 aliphatic carbocycles. The lowest BCUT2D eigenvalue weighted by Gasteiger charge is -2.24. The van der Waals surface area contributed by atoms with Gasteiger partial charge in [-0.3, -0.25) is 9.78 Å². The van der Waals surface area contributed by atoms with Crippen LogP contribution >= 0.6 is 0 Å². The van der Waals surface area contributed by atoms with Gasteiger partial charge in [-0.25, -0.2) is 8.42 Å². The van der Waals surface area contributed by atoms with Gasteiger partial charge in [0.15, 0.2) is 9.84 Å². The van der Waals surface area contributed by atoms with Gasteiger partial charge in [-0.15, -0.1) is 0 Å². The van der Waals surface area contributed by atoms with Crippen LogP contribution in [0.1, 0.15) is 43.2 Å². The molecule has 166 valence electrons. The predicted molar refractivity (Wildman–Crippen MR) is 123 cm³/mol. The number of H-pyrrole nitrogens is 1. The second-order valence-corrected chi connectivity index (χ2v) is 9.98. The summed E-state index contributed by atoms with van der Waals surface area (Å²) in [5.41, 5.74) is 2.15. The molecular formula is C23H30N4O3S. The second kappa shape index (κ2) is 10.1. The molecule has 0 aliphatic rings. The third kappa shape index (κ3) is 5.92. The fourth-order valence-corrected chi connectivity index (χ4v) is 4.84. The number of pyridine rings is 1. The van der Waals surface area contributed by atoms with Crippen molar-refractivity contribution in [3.05, 3.63) is 60.0 Å². The first-order valence-corrected chi connectivity index (χ1v) is 12.2. The summed E-state index contributed by atoms with van der Waals surface area (Å²) in [5, 5.41) is 3.73. The summed E-state index contributed by atoms with van der Waals surface area (Å²) in [6.45, 7) is 8.30. The summed E-state index contributed by atoms with van der Waals surface area (Å²) in [6.07, 6.45) is 3.97. The van der Waals surface area contributed by atoms with Crippen LogP contribution in [0.3, 0.4) is 0 Å². The quantitative estimate of drug-likeness (QED) is 0.502. The van der Waals surface area contributed by atoms with Crippen LogP contribution in [0.25, 0.3) is 10.9 Å². The van der Waals surface area contributed by atoms with Crippen molar-refractivity contribution in [2.75, 3.05) is 18.8 Å². The van der Waals surface area contributed by atoms with Crippen molar-refractivity contribution < 1.29 is 13.2 Å². The predicted octanol–water partition coefficient (Wildman–Crippen LogP) is 3.39. The minimum atomic E-state index is -3.32. The van der Waals surface area contributed by atoms with Crippen molar-refractivity contribution in [1.82, 2.24) is 20.2 Å². The second-order valence-electron chi connectivity index (χ2n) is 7.87. The Morgan fingerprint density at radius 2 is 1.94 bits per heavy atom. The van der Waals surface area contributed by atoms with Gasteiger partial charge in [0.05, 0.1) is 10.6 Å². The van der Waals surface area contributed by atoms with Crippen LogP contribution in [0.15, 0.2) is 53.7 Å². The number of carbonyl (C=O) groups excluding carboxylic acids is 1. The van der Waals surface area contributed by atoms with E-state index in [1.807, 2.05) is 6.07 Å². The summed E-state index contributed by atoms with van der Waals surface area (Å²) in [5.74, 6) is -0.0971. The summed E-state index contributed by atoms with van der Waals surface area (Å²) in [7, 11) is -3.32. The third-order valence-electron chi connectivity index (χ3n) is 5.40. The number of fused-ring (bicyclic) bond motifs is 1. The van der Waals surface area contributed by atoms with Gasteiger partial charge < -0.3 is 15.2 Å². The lowest BCUT2D eigenvalue weighted by molar-refractivity contribution is 0.0946. The monoisotopic (exact) mass is 442 g/mol. The molecule has 0 unspecified atom stereocenters. The van der Waals surface area contributed by atoms with Crippen molar-refractivity contribution in [2.45, 2.75) is 44.7 Å². The van der Waals surface area contributed by atoms with E-state index >= 15 is 0 Å². The van der Waals surface area contributed by atoms with Crippen LogP contribution in [0.4, 0.5) is 0 Å². The average molecular weight is 443 g/mol. The highest BCUT2D eigenvalue weighted by Crippen LogP contribution is 2.15. The molecule has 0 bridgehead atoms. The fourth-order valence-electron chi connectivity index (χ4n) is 3.54. The molecule has 2 aromatic heterocycles. The maximum absolute atomic E-state index is 12.6. The summed E-state index contributed by atoms with van der Waals surface area (Å²) >= 11 is 0. The van der Waals surface area contributed by atoms with E-state index in [0.29, 0.717) is 29.6 Å². The lowest BCUT2D eigenvalue weighted by Crippen LogP contribution is -2.32. The molecule has 0 atom stereocenters. The van der Waals surface area contributed by atoms with Crippen molar-refractivity contribution in [2.24, 2.45) is 0 Å². The van der Waals surface area contributed by atoms with Gasteiger partial charge in [0.2, 0.25) is 0 Å². The van der Waals surface area contributed by atoms with Crippen LogP contribution in [-0.4, -0.2) is 54.1 Å². The van der Waals surface area contributed by atoms with E-state index in [2.05, 4.69) is 41.0 Å². The first-order chi connectivity index (χ1) is 14.8. The minimum absolute atomic E-state index is 0.127. The van der Waals surface area contributed by atoms with Crippen molar-refractivity contribution in [3.63, 3.8) is 0 Å². The van der Waals surface area contributed by atoms with E-state index in [1.54, 1.807) is 42.7 Å². The molecule has 1 amide bonds. The van der Waals surface area contributed by atoms with E-state index in [-0.39, 0.29) is 11.7 Å². The number of amides is 1. The lowest BCUT2D eigenvalue weighted by atomic mass is 10.2. The Morgan fingerprint density at radius 3 is 2.58 bits per heavy atom. The van der Waals surface area contributed by atoms with Gasteiger partial charge in [0.1, 0.15) is 5.69 Å². The first-order valence-electron chi connectivity index (χ1n) is 10.6. The molecular weight excluding hydrogens is 412 g/mol. The first kappa shape index (κ1) is 23.0. The van der Waals surface area contributed by atoms with E-state index in [9.17, 15) is 13.2 Å². The van der Waals surface area contributed by atoms with E-state index < -0.39 is 9.84 Å². The number of aromatic nitrogens is 2. The molecule has 3 aromatic rings. The molecule has 7 nitrogen and oxygen atoms in total. The number of rotatable bonds is 10. The third-order valence-corrected chi connectivity index (χ3v) is 7.21. The van der Waals surface area contributed by atoms with Crippen molar-refractivity contribution in [3.8, 4) is 0 Å². The molecule has 0 saturated carbocycles. The van der Waals surface area contributed by atoms with Crippen LogP contribution < -0.4 is 5.32 Å². The number of sulfone groups is 1. The normalized spacial score (nSPS) is 12.0. The number of nitrogens with zero attached hydrogens (tertiary/aromatic N) is 2. The van der Waals surface area contributed by atoms with Gasteiger partial charge in [0, 0.05) is 35.9 Å². The van der Waals surface area contributed by atoms with E-state index in [0.717, 1.165) is 29.6 Å². The molecule has 0 spiro atoms. The highest BCUT2D eigenvalue weighted by molar-refractivity contribution is 7.91. The van der Waals surface area contributed by atoms with Crippen LogP contribution in [-0.2, 0) is 16.4 Å². The van der Waals surface area contributed by atoms with Gasteiger partial charge >= 0.3 is 0 Å². The zero-order valence-electron chi connectivity index (χ0n) is 18.3. The highest BCUT2D eigenvalue weighted by atomic mass is 32.2. The summed E-state index contributed by atoms with van der Waals surface area (Å²) in [6, 6.07) is 10.7. The van der Waals surface area contributed by atoms with Gasteiger partial charge in [-0.2, -0.15) is 0 Å². The Morgan fingerprint density at radius 1 is 1.19 bits per heavy atom. The Kier molecular flexibility index (Phi) is 7.46. The van der Waals surface area contributed by atoms with E-state index in [1.165, 1.54) is 0 Å². The summed E-state index contributed by atoms with van der Waals surface area (Å²) in [4.78, 5) is 22.1. The molecule has 0 aliphatic heterocycles. The minimum Gasteiger partial charge on any atom is -0.350 e. The van der Waals surface area contributed by atoms with Crippen LogP contribution in [0.2, 0.25) is 0 Å².